The first-order valence-corrected chi connectivity index (χ1v) is 8.57. The molecule has 0 aromatic heterocycles. The van der Waals surface area contributed by atoms with Gasteiger partial charge in [-0.05, 0) is 42.5 Å². The van der Waals surface area contributed by atoms with Crippen LogP contribution in [0.2, 0.25) is 10.0 Å². The molecule has 26 heavy (non-hydrogen) atoms. The van der Waals surface area contributed by atoms with Crippen LogP contribution < -0.4 is 14.8 Å². The molecule has 6 heteroatoms. The number of carbonyl (C=O) groups excluding carboxylic acids is 1. The fourth-order valence-corrected chi connectivity index (χ4v) is 2.61. The van der Waals surface area contributed by atoms with Crippen molar-refractivity contribution in [3.8, 4) is 11.5 Å². The number of anilines is 1. The van der Waals surface area contributed by atoms with Crippen molar-refractivity contribution >= 4 is 34.8 Å². The van der Waals surface area contributed by atoms with Gasteiger partial charge in [-0.25, -0.2) is 0 Å². The molecule has 3 rings (SSSR count). The lowest BCUT2D eigenvalue weighted by Gasteiger charge is -2.20. The highest BCUT2D eigenvalue weighted by atomic mass is 35.5. The number of hydrogen-bond acceptors (Lipinski definition) is 3. The number of halogens is 2. The van der Waals surface area contributed by atoms with Gasteiger partial charge in [-0.15, -0.1) is 0 Å². The van der Waals surface area contributed by atoms with Gasteiger partial charge < -0.3 is 14.8 Å². The van der Waals surface area contributed by atoms with Crippen molar-refractivity contribution in [2.75, 3.05) is 5.32 Å². The Bertz CT molecular complexity index is 831. The third kappa shape index (κ3) is 4.91. The zero-order chi connectivity index (χ0) is 18.4. The minimum Gasteiger partial charge on any atom is -0.446 e. The number of hydrogen-bond donors (Lipinski definition) is 1. The van der Waals surface area contributed by atoms with E-state index in [2.05, 4.69) is 5.32 Å². The zero-order valence-corrected chi connectivity index (χ0v) is 15.1. The Kier molecular flexibility index (Phi) is 6.00. The highest BCUT2D eigenvalue weighted by molar-refractivity contribution is 6.36. The molecule has 3 aromatic rings. The van der Waals surface area contributed by atoms with E-state index in [1.54, 1.807) is 42.5 Å². The summed E-state index contributed by atoms with van der Waals surface area (Å²) in [7, 11) is 0. The van der Waals surface area contributed by atoms with Crippen LogP contribution >= 0.6 is 23.2 Å². The van der Waals surface area contributed by atoms with E-state index in [4.69, 9.17) is 32.7 Å². The Morgan fingerprint density at radius 3 is 1.85 bits per heavy atom. The average Bonchev–Trinajstić information content (AvgIpc) is 2.65. The summed E-state index contributed by atoms with van der Waals surface area (Å²) in [5, 5.41) is 3.50. The summed E-state index contributed by atoms with van der Waals surface area (Å²) in [4.78, 5) is 12.7. The summed E-state index contributed by atoms with van der Waals surface area (Å²) in [6, 6.07) is 22.7. The SMILES string of the molecule is O=C(Nc1ccc(Cl)cc1Cl)C(Oc1ccccc1)Oc1ccccc1. The number of rotatable bonds is 6. The number of para-hydroxylation sites is 2. The standard InChI is InChI=1S/C20H15Cl2NO3/c21-14-11-12-18(17(22)13-14)23-19(24)20(25-15-7-3-1-4-8-15)26-16-9-5-2-6-10-16/h1-13,20H,(H,23,24). The van der Waals surface area contributed by atoms with E-state index < -0.39 is 12.2 Å². The Balaban J connectivity index is 1.80. The molecular formula is C20H15Cl2NO3. The molecule has 0 aliphatic rings. The highest BCUT2D eigenvalue weighted by Crippen LogP contribution is 2.26. The minimum atomic E-state index is -1.20. The summed E-state index contributed by atoms with van der Waals surface area (Å²) < 4.78 is 11.4. The second-order valence-electron chi connectivity index (χ2n) is 5.31. The number of carbonyl (C=O) groups is 1. The lowest BCUT2D eigenvalue weighted by atomic mass is 10.3. The van der Waals surface area contributed by atoms with E-state index in [-0.39, 0.29) is 0 Å². The molecule has 0 saturated heterocycles. The molecule has 1 N–H and O–H groups in total. The quantitative estimate of drug-likeness (QED) is 0.574. The van der Waals surface area contributed by atoms with Gasteiger partial charge >= 0.3 is 12.2 Å². The molecule has 0 fully saturated rings. The van der Waals surface area contributed by atoms with Gasteiger partial charge in [0.1, 0.15) is 11.5 Å². The molecule has 0 spiro atoms. The van der Waals surface area contributed by atoms with Gasteiger partial charge in [-0.1, -0.05) is 59.6 Å². The fourth-order valence-electron chi connectivity index (χ4n) is 2.16. The molecule has 3 aromatic carbocycles. The topological polar surface area (TPSA) is 47.6 Å². The van der Waals surface area contributed by atoms with Crippen LogP contribution in [-0.4, -0.2) is 12.2 Å². The van der Waals surface area contributed by atoms with Crippen LogP contribution in [-0.2, 0) is 4.79 Å². The smallest absolute Gasteiger partial charge is 0.321 e. The maximum Gasteiger partial charge on any atom is 0.321 e. The minimum absolute atomic E-state index is 0.323. The molecule has 0 heterocycles. The molecule has 0 bridgehead atoms. The van der Waals surface area contributed by atoms with Crippen LogP contribution in [0.25, 0.3) is 0 Å². The molecule has 0 aliphatic carbocycles. The molecule has 0 aliphatic heterocycles. The monoisotopic (exact) mass is 387 g/mol. The maximum absolute atomic E-state index is 12.7. The van der Waals surface area contributed by atoms with Gasteiger partial charge in [0.2, 0.25) is 0 Å². The summed E-state index contributed by atoms with van der Waals surface area (Å²) in [5.74, 6) is 0.512. The molecule has 0 radical (unpaired) electrons. The van der Waals surface area contributed by atoms with Gasteiger partial charge in [0.15, 0.2) is 0 Å². The number of amides is 1. The molecule has 4 nitrogen and oxygen atoms in total. The third-order valence-corrected chi connectivity index (χ3v) is 3.92. The van der Waals surface area contributed by atoms with Crippen LogP contribution in [0.4, 0.5) is 5.69 Å². The maximum atomic E-state index is 12.7. The first-order chi connectivity index (χ1) is 12.6. The normalized spacial score (nSPS) is 10.4. The Hall–Kier alpha value is -2.69. The molecule has 1 amide bonds. The number of ether oxygens (including phenoxy) is 2. The number of benzene rings is 3. The average molecular weight is 388 g/mol. The Labute approximate surface area is 161 Å². The molecule has 0 saturated carbocycles. The fraction of sp³-hybridized carbons (Fsp3) is 0.0500. The second-order valence-corrected chi connectivity index (χ2v) is 6.15. The van der Waals surface area contributed by atoms with Crippen molar-refractivity contribution < 1.29 is 14.3 Å². The van der Waals surface area contributed by atoms with Gasteiger partial charge in [0.05, 0.1) is 10.7 Å². The summed E-state index contributed by atoms with van der Waals surface area (Å²) in [6.07, 6.45) is -1.20. The molecule has 132 valence electrons. The summed E-state index contributed by atoms with van der Waals surface area (Å²) in [5.41, 5.74) is 0.416. The van der Waals surface area contributed by atoms with Crippen molar-refractivity contribution in [1.29, 1.82) is 0 Å². The van der Waals surface area contributed by atoms with E-state index in [9.17, 15) is 4.79 Å². The van der Waals surface area contributed by atoms with Gasteiger partial charge in [0.25, 0.3) is 0 Å². The summed E-state index contributed by atoms with van der Waals surface area (Å²) >= 11 is 12.0. The molecule has 0 unspecified atom stereocenters. The number of nitrogens with one attached hydrogen (secondary N) is 1. The summed E-state index contributed by atoms with van der Waals surface area (Å²) in [6.45, 7) is 0. The Morgan fingerprint density at radius 2 is 1.35 bits per heavy atom. The van der Waals surface area contributed by atoms with Gasteiger partial charge in [-0.3, -0.25) is 4.79 Å². The molecule has 0 atom stereocenters. The first kappa shape index (κ1) is 18.1. The van der Waals surface area contributed by atoms with E-state index in [0.29, 0.717) is 27.2 Å². The lowest BCUT2D eigenvalue weighted by molar-refractivity contribution is -0.134. The van der Waals surface area contributed by atoms with E-state index in [1.807, 2.05) is 36.4 Å². The van der Waals surface area contributed by atoms with Crippen molar-refractivity contribution in [3.05, 3.63) is 88.9 Å². The largest absolute Gasteiger partial charge is 0.446 e. The van der Waals surface area contributed by atoms with Crippen LogP contribution in [0.5, 0.6) is 11.5 Å². The van der Waals surface area contributed by atoms with Crippen molar-refractivity contribution in [2.24, 2.45) is 0 Å². The predicted molar refractivity (Wildman–Crippen MR) is 103 cm³/mol. The van der Waals surface area contributed by atoms with E-state index >= 15 is 0 Å². The first-order valence-electron chi connectivity index (χ1n) is 7.81. The lowest BCUT2D eigenvalue weighted by Crippen LogP contribution is -2.38. The predicted octanol–water partition coefficient (Wildman–Crippen LogP) is 5.42. The van der Waals surface area contributed by atoms with Crippen molar-refractivity contribution in [3.63, 3.8) is 0 Å². The van der Waals surface area contributed by atoms with Crippen LogP contribution in [0.3, 0.4) is 0 Å². The third-order valence-electron chi connectivity index (χ3n) is 3.38. The zero-order valence-electron chi connectivity index (χ0n) is 13.6. The second kappa shape index (κ2) is 8.61. The van der Waals surface area contributed by atoms with Crippen LogP contribution in [0.1, 0.15) is 0 Å². The van der Waals surface area contributed by atoms with Crippen molar-refractivity contribution in [2.45, 2.75) is 6.29 Å². The highest BCUT2D eigenvalue weighted by Gasteiger charge is 2.23. The van der Waals surface area contributed by atoms with Crippen LogP contribution in [0.15, 0.2) is 78.9 Å². The Morgan fingerprint density at radius 1 is 0.808 bits per heavy atom. The van der Waals surface area contributed by atoms with E-state index in [0.717, 1.165) is 0 Å². The molecular weight excluding hydrogens is 373 g/mol. The van der Waals surface area contributed by atoms with Gasteiger partial charge in [-0.2, -0.15) is 0 Å². The van der Waals surface area contributed by atoms with Gasteiger partial charge in [0, 0.05) is 5.02 Å². The van der Waals surface area contributed by atoms with Crippen LogP contribution in [0, 0.1) is 0 Å². The van der Waals surface area contributed by atoms with E-state index in [1.165, 1.54) is 0 Å². The van der Waals surface area contributed by atoms with Crippen molar-refractivity contribution in [1.82, 2.24) is 0 Å².